The number of ether oxygens (including phenoxy) is 1. The van der Waals surface area contributed by atoms with Gasteiger partial charge in [-0.05, 0) is 36.6 Å². The fourth-order valence-electron chi connectivity index (χ4n) is 1.28. The average Bonchev–Trinajstić information content (AvgIpc) is 2.42. The number of benzene rings is 1. The second-order valence-corrected chi connectivity index (χ2v) is 5.11. The zero-order valence-corrected chi connectivity index (χ0v) is 12.3. The number of carbonyl (C=O) groups excluding carboxylic acids is 2. The molecule has 0 aliphatic rings. The minimum Gasteiger partial charge on any atom is -0.484 e. The number of hydroxylamine groups is 1. The van der Waals surface area contributed by atoms with Crippen LogP contribution in [0.1, 0.15) is 26.7 Å². The summed E-state index contributed by atoms with van der Waals surface area (Å²) in [5, 5.41) is 0.584. The monoisotopic (exact) mass is 299 g/mol. The lowest BCUT2D eigenvalue weighted by Crippen LogP contribution is -2.31. The fourth-order valence-corrected chi connectivity index (χ4v) is 1.41. The number of carbonyl (C=O) groups is 2. The number of nitrogens with one attached hydrogen (secondary N) is 1. The van der Waals surface area contributed by atoms with E-state index >= 15 is 0 Å². The van der Waals surface area contributed by atoms with Crippen LogP contribution in [0.4, 0.5) is 0 Å². The Morgan fingerprint density at radius 1 is 1.25 bits per heavy atom. The third-order valence-corrected chi connectivity index (χ3v) is 2.64. The van der Waals surface area contributed by atoms with Gasteiger partial charge in [0.2, 0.25) is 0 Å². The van der Waals surface area contributed by atoms with Crippen molar-refractivity contribution in [3.63, 3.8) is 0 Å². The van der Waals surface area contributed by atoms with Gasteiger partial charge in [-0.25, -0.2) is 4.79 Å². The van der Waals surface area contributed by atoms with Crippen LogP contribution in [0.3, 0.4) is 0 Å². The molecule has 1 rings (SSSR count). The van der Waals surface area contributed by atoms with Gasteiger partial charge in [-0.1, -0.05) is 25.4 Å². The molecular weight excluding hydrogens is 282 g/mol. The van der Waals surface area contributed by atoms with Crippen molar-refractivity contribution in [1.82, 2.24) is 5.48 Å². The Bertz CT molecular complexity index is 445. The van der Waals surface area contributed by atoms with Crippen LogP contribution in [-0.2, 0) is 14.4 Å². The van der Waals surface area contributed by atoms with Gasteiger partial charge < -0.3 is 9.57 Å². The largest absolute Gasteiger partial charge is 0.484 e. The van der Waals surface area contributed by atoms with Crippen molar-refractivity contribution in [2.24, 2.45) is 5.92 Å². The number of hydrogen-bond donors (Lipinski definition) is 1. The van der Waals surface area contributed by atoms with Gasteiger partial charge in [0.1, 0.15) is 5.75 Å². The summed E-state index contributed by atoms with van der Waals surface area (Å²) in [5.74, 6) is -0.0708. The molecule has 0 aromatic heterocycles. The maximum atomic E-state index is 11.4. The Hall–Kier alpha value is -1.75. The van der Waals surface area contributed by atoms with Gasteiger partial charge in [-0.15, -0.1) is 0 Å². The molecule has 110 valence electrons. The maximum Gasteiger partial charge on any atom is 0.332 e. The lowest BCUT2D eigenvalue weighted by Gasteiger charge is -2.08. The molecule has 1 N–H and O–H groups in total. The highest BCUT2D eigenvalue weighted by molar-refractivity contribution is 6.30. The number of halogens is 1. The van der Waals surface area contributed by atoms with E-state index in [0.717, 1.165) is 6.42 Å². The molecule has 1 amide bonds. The van der Waals surface area contributed by atoms with Crippen molar-refractivity contribution in [2.75, 3.05) is 6.61 Å². The molecule has 0 saturated carbocycles. The maximum absolute atomic E-state index is 11.4. The molecular formula is C14H18ClNO4. The molecule has 20 heavy (non-hydrogen) atoms. The fraction of sp³-hybridized carbons (Fsp3) is 0.429. The van der Waals surface area contributed by atoms with E-state index in [1.807, 2.05) is 19.3 Å². The van der Waals surface area contributed by atoms with E-state index in [0.29, 0.717) is 16.7 Å². The van der Waals surface area contributed by atoms with Crippen LogP contribution in [0.25, 0.3) is 0 Å². The Labute approximate surface area is 123 Å². The standard InChI is InChI=1S/C14H18ClNO4/c1-10(2)3-8-14(18)20-16-13(17)9-19-12-6-4-11(15)5-7-12/h4-7,10H,3,8-9H2,1-2H3,(H,16,17). The Kier molecular flexibility index (Phi) is 6.87. The van der Waals surface area contributed by atoms with Crippen molar-refractivity contribution in [3.8, 4) is 5.75 Å². The highest BCUT2D eigenvalue weighted by Crippen LogP contribution is 2.15. The van der Waals surface area contributed by atoms with E-state index in [4.69, 9.17) is 16.3 Å². The molecule has 0 unspecified atom stereocenters. The average molecular weight is 300 g/mol. The second kappa shape index (κ2) is 8.43. The van der Waals surface area contributed by atoms with Crippen LogP contribution in [-0.4, -0.2) is 18.5 Å². The van der Waals surface area contributed by atoms with Gasteiger partial charge in [0.05, 0.1) is 0 Å². The molecule has 0 atom stereocenters. The number of amides is 1. The van der Waals surface area contributed by atoms with Crippen LogP contribution in [0.5, 0.6) is 5.75 Å². The lowest BCUT2D eigenvalue weighted by molar-refractivity contribution is -0.159. The third kappa shape index (κ3) is 6.99. The predicted molar refractivity (Wildman–Crippen MR) is 75.3 cm³/mol. The summed E-state index contributed by atoms with van der Waals surface area (Å²) in [4.78, 5) is 27.3. The summed E-state index contributed by atoms with van der Waals surface area (Å²) in [6.07, 6.45) is 0.992. The first-order valence-electron chi connectivity index (χ1n) is 6.34. The molecule has 0 aliphatic carbocycles. The van der Waals surface area contributed by atoms with Crippen LogP contribution in [0.15, 0.2) is 24.3 Å². The molecule has 0 spiro atoms. The van der Waals surface area contributed by atoms with Gasteiger partial charge in [0.15, 0.2) is 6.61 Å². The summed E-state index contributed by atoms with van der Waals surface area (Å²) < 4.78 is 5.19. The first-order chi connectivity index (χ1) is 9.47. The predicted octanol–water partition coefficient (Wildman–Crippen LogP) is 2.73. The molecule has 0 aliphatic heterocycles. The number of rotatable bonds is 6. The topological polar surface area (TPSA) is 64.6 Å². The first-order valence-corrected chi connectivity index (χ1v) is 6.72. The van der Waals surface area contributed by atoms with E-state index in [2.05, 4.69) is 4.84 Å². The van der Waals surface area contributed by atoms with Crippen LogP contribution in [0.2, 0.25) is 5.02 Å². The molecule has 0 heterocycles. The SMILES string of the molecule is CC(C)CCC(=O)ONC(=O)COc1ccc(Cl)cc1. The quantitative estimate of drug-likeness (QED) is 0.820. The van der Waals surface area contributed by atoms with Crippen LogP contribution < -0.4 is 10.2 Å². The van der Waals surface area contributed by atoms with Crippen molar-refractivity contribution in [3.05, 3.63) is 29.3 Å². The summed E-state index contributed by atoms with van der Waals surface area (Å²) in [5.41, 5.74) is 2.05. The Morgan fingerprint density at radius 2 is 1.90 bits per heavy atom. The van der Waals surface area contributed by atoms with Crippen molar-refractivity contribution in [2.45, 2.75) is 26.7 Å². The molecule has 1 aromatic rings. The van der Waals surface area contributed by atoms with Gasteiger partial charge in [0, 0.05) is 11.4 Å². The van der Waals surface area contributed by atoms with E-state index in [1.54, 1.807) is 24.3 Å². The zero-order chi connectivity index (χ0) is 15.0. The first kappa shape index (κ1) is 16.3. The van der Waals surface area contributed by atoms with E-state index < -0.39 is 11.9 Å². The van der Waals surface area contributed by atoms with Gasteiger partial charge >= 0.3 is 5.97 Å². The van der Waals surface area contributed by atoms with Crippen molar-refractivity contribution >= 4 is 23.5 Å². The molecule has 0 radical (unpaired) electrons. The smallest absolute Gasteiger partial charge is 0.332 e. The molecule has 0 bridgehead atoms. The molecule has 0 fully saturated rings. The summed E-state index contributed by atoms with van der Waals surface area (Å²) in [6.45, 7) is 3.77. The highest BCUT2D eigenvalue weighted by atomic mass is 35.5. The minimum atomic E-state index is -0.530. The Morgan fingerprint density at radius 3 is 2.50 bits per heavy atom. The zero-order valence-electron chi connectivity index (χ0n) is 11.5. The van der Waals surface area contributed by atoms with Crippen molar-refractivity contribution < 1.29 is 19.2 Å². The molecule has 5 nitrogen and oxygen atoms in total. The summed E-state index contributed by atoms with van der Waals surface area (Å²) >= 11 is 5.72. The summed E-state index contributed by atoms with van der Waals surface area (Å²) in [7, 11) is 0. The highest BCUT2D eigenvalue weighted by Gasteiger charge is 2.08. The van der Waals surface area contributed by atoms with Gasteiger partial charge in [-0.3, -0.25) is 4.79 Å². The van der Waals surface area contributed by atoms with Crippen LogP contribution in [0, 0.1) is 5.92 Å². The molecule has 1 aromatic carbocycles. The molecule has 6 heteroatoms. The molecule has 0 saturated heterocycles. The van der Waals surface area contributed by atoms with E-state index in [1.165, 1.54) is 0 Å². The second-order valence-electron chi connectivity index (χ2n) is 4.67. The minimum absolute atomic E-state index is 0.237. The number of hydrogen-bond acceptors (Lipinski definition) is 4. The normalized spacial score (nSPS) is 10.2. The van der Waals surface area contributed by atoms with E-state index in [9.17, 15) is 9.59 Å². The van der Waals surface area contributed by atoms with Crippen LogP contribution >= 0.6 is 11.6 Å². The Balaban J connectivity index is 2.20. The third-order valence-electron chi connectivity index (χ3n) is 2.39. The van der Waals surface area contributed by atoms with Crippen molar-refractivity contribution in [1.29, 1.82) is 0 Å². The lowest BCUT2D eigenvalue weighted by atomic mass is 10.1. The summed E-state index contributed by atoms with van der Waals surface area (Å²) in [6, 6.07) is 6.59. The van der Waals surface area contributed by atoms with E-state index in [-0.39, 0.29) is 13.0 Å². The van der Waals surface area contributed by atoms with Gasteiger partial charge in [-0.2, -0.15) is 5.48 Å². The van der Waals surface area contributed by atoms with Gasteiger partial charge in [0.25, 0.3) is 5.91 Å².